The van der Waals surface area contributed by atoms with Gasteiger partial charge in [-0.05, 0) is 29.9 Å². The minimum absolute atomic E-state index is 0.0179. The number of nitrogens with zero attached hydrogens (tertiary/aromatic N) is 1. The molecule has 2 aliphatic rings. The molecule has 0 bridgehead atoms. The number of benzene rings is 1. The van der Waals surface area contributed by atoms with Gasteiger partial charge in [-0.15, -0.1) is 0 Å². The highest BCUT2D eigenvalue weighted by Crippen LogP contribution is 2.37. The number of rotatable bonds is 6. The molecule has 3 rings (SSSR count). The number of amides is 1. The van der Waals surface area contributed by atoms with E-state index in [0.717, 1.165) is 24.2 Å². The minimum atomic E-state index is 0.0179. The van der Waals surface area contributed by atoms with Crippen LogP contribution >= 0.6 is 0 Å². The molecule has 0 unspecified atom stereocenters. The highest BCUT2D eigenvalue weighted by molar-refractivity contribution is 5.97. The first-order valence-electron chi connectivity index (χ1n) is 8.14. The van der Waals surface area contributed by atoms with Crippen LogP contribution in [-0.2, 0) is 16.1 Å². The van der Waals surface area contributed by atoms with Crippen molar-refractivity contribution in [3.8, 4) is 0 Å². The van der Waals surface area contributed by atoms with E-state index in [9.17, 15) is 4.79 Å². The lowest BCUT2D eigenvalue weighted by atomic mass is 9.97. The third kappa shape index (κ3) is 2.80. The van der Waals surface area contributed by atoms with Gasteiger partial charge in [0.25, 0.3) is 5.91 Å². The Morgan fingerprint density at radius 2 is 2.05 bits per heavy atom. The smallest absolute Gasteiger partial charge is 0.293 e. The lowest BCUT2D eigenvalue weighted by Crippen LogP contribution is -2.25. The first-order chi connectivity index (χ1) is 10.7. The molecular weight excluding hydrogens is 274 g/mol. The van der Waals surface area contributed by atoms with E-state index in [0.29, 0.717) is 18.3 Å². The van der Waals surface area contributed by atoms with Gasteiger partial charge in [0.15, 0.2) is 5.76 Å². The number of ether oxygens (including phenoxy) is 1. The van der Waals surface area contributed by atoms with Crippen LogP contribution in [0.4, 0.5) is 0 Å². The molecule has 2 aliphatic heterocycles. The van der Waals surface area contributed by atoms with E-state index in [-0.39, 0.29) is 5.91 Å². The van der Waals surface area contributed by atoms with Crippen LogP contribution < -0.4 is 0 Å². The molecule has 0 N–H and O–H groups in total. The quantitative estimate of drug-likeness (QED) is 0.793. The zero-order valence-electron chi connectivity index (χ0n) is 13.3. The van der Waals surface area contributed by atoms with Gasteiger partial charge in [0, 0.05) is 18.3 Å². The fourth-order valence-corrected chi connectivity index (χ4v) is 3.17. The molecule has 116 valence electrons. The van der Waals surface area contributed by atoms with Gasteiger partial charge in [-0.2, -0.15) is 0 Å². The van der Waals surface area contributed by atoms with Gasteiger partial charge in [0.05, 0.1) is 0 Å². The van der Waals surface area contributed by atoms with Crippen LogP contribution in [0, 0.1) is 5.92 Å². The monoisotopic (exact) mass is 297 g/mol. The summed E-state index contributed by atoms with van der Waals surface area (Å²) in [6.07, 6.45) is 5.39. The number of unbranched alkanes of at least 4 members (excludes halogenated alkanes) is 1. The lowest BCUT2D eigenvalue weighted by Gasteiger charge is -2.13. The van der Waals surface area contributed by atoms with Gasteiger partial charge in [-0.1, -0.05) is 50.6 Å². The second-order valence-electron chi connectivity index (χ2n) is 6.11. The van der Waals surface area contributed by atoms with Gasteiger partial charge in [-0.3, -0.25) is 4.79 Å². The summed E-state index contributed by atoms with van der Waals surface area (Å²) in [5, 5.41) is 0. The first-order valence-corrected chi connectivity index (χ1v) is 8.14. The van der Waals surface area contributed by atoms with Crippen LogP contribution in [0.1, 0.15) is 38.7 Å². The highest BCUT2D eigenvalue weighted by atomic mass is 16.5. The van der Waals surface area contributed by atoms with Crippen LogP contribution in [-0.4, -0.2) is 17.4 Å². The Bertz CT molecular complexity index is 616. The number of fused-ring (bicyclic) bond motifs is 1. The fourth-order valence-electron chi connectivity index (χ4n) is 3.17. The van der Waals surface area contributed by atoms with E-state index in [1.807, 2.05) is 41.3 Å². The Morgan fingerprint density at radius 3 is 2.77 bits per heavy atom. The summed E-state index contributed by atoms with van der Waals surface area (Å²) in [5.74, 6) is 0.974. The predicted octanol–water partition coefficient (Wildman–Crippen LogP) is 4.02. The summed E-state index contributed by atoms with van der Waals surface area (Å²) in [4.78, 5) is 14.4. The molecule has 1 aromatic rings. The number of allylic oxidation sites excluding steroid dienone is 1. The van der Waals surface area contributed by atoms with Gasteiger partial charge < -0.3 is 9.64 Å². The number of carbonyl (C=O) groups excluding carboxylic acids is 1. The summed E-state index contributed by atoms with van der Waals surface area (Å²) < 4.78 is 5.76. The van der Waals surface area contributed by atoms with Crippen LogP contribution in [0.15, 0.2) is 53.4 Å². The maximum absolute atomic E-state index is 12.5. The molecule has 1 amide bonds. The van der Waals surface area contributed by atoms with Crippen LogP contribution in [0.25, 0.3) is 0 Å². The number of carbonyl (C=O) groups is 1. The molecule has 0 radical (unpaired) electrons. The molecule has 0 saturated heterocycles. The van der Waals surface area contributed by atoms with Gasteiger partial charge in [0.2, 0.25) is 0 Å². The second kappa shape index (κ2) is 6.39. The van der Waals surface area contributed by atoms with E-state index in [2.05, 4.69) is 13.8 Å². The summed E-state index contributed by atoms with van der Waals surface area (Å²) in [5.41, 5.74) is 3.58. The Hall–Kier alpha value is -2.03. The lowest BCUT2D eigenvalue weighted by molar-refractivity contribution is -0.127. The minimum Gasteiger partial charge on any atom is -0.483 e. The molecule has 0 spiro atoms. The maximum Gasteiger partial charge on any atom is 0.293 e. The average molecular weight is 297 g/mol. The predicted molar refractivity (Wildman–Crippen MR) is 86.7 cm³/mol. The van der Waals surface area contributed by atoms with Crippen molar-refractivity contribution in [1.29, 1.82) is 0 Å². The number of hydrogen-bond donors (Lipinski definition) is 0. The van der Waals surface area contributed by atoms with Crippen LogP contribution in [0.5, 0.6) is 0 Å². The van der Waals surface area contributed by atoms with E-state index in [1.165, 1.54) is 18.4 Å². The van der Waals surface area contributed by atoms with E-state index >= 15 is 0 Å². The summed E-state index contributed by atoms with van der Waals surface area (Å²) >= 11 is 0. The maximum atomic E-state index is 12.5. The summed E-state index contributed by atoms with van der Waals surface area (Å²) in [6.45, 7) is 5.65. The van der Waals surface area contributed by atoms with Crippen molar-refractivity contribution in [2.75, 3.05) is 6.54 Å². The van der Waals surface area contributed by atoms with E-state index < -0.39 is 0 Å². The molecule has 0 aliphatic carbocycles. The van der Waals surface area contributed by atoms with Crippen molar-refractivity contribution in [1.82, 2.24) is 4.90 Å². The van der Waals surface area contributed by atoms with Crippen molar-refractivity contribution in [3.63, 3.8) is 0 Å². The molecule has 3 heteroatoms. The zero-order valence-corrected chi connectivity index (χ0v) is 13.3. The zero-order chi connectivity index (χ0) is 15.5. The van der Waals surface area contributed by atoms with Crippen molar-refractivity contribution in [3.05, 3.63) is 59.0 Å². The topological polar surface area (TPSA) is 29.5 Å². The Balaban J connectivity index is 1.74. The molecular formula is C19H23NO2. The molecule has 2 heterocycles. The van der Waals surface area contributed by atoms with Crippen molar-refractivity contribution < 1.29 is 9.53 Å². The van der Waals surface area contributed by atoms with E-state index in [4.69, 9.17) is 4.74 Å². The molecule has 1 atom stereocenters. The summed E-state index contributed by atoms with van der Waals surface area (Å²) in [6, 6.07) is 9.96. The highest BCUT2D eigenvalue weighted by Gasteiger charge is 2.38. The molecule has 1 aromatic carbocycles. The first kappa shape index (κ1) is 14.9. The summed E-state index contributed by atoms with van der Waals surface area (Å²) in [7, 11) is 0. The molecule has 3 nitrogen and oxygen atoms in total. The van der Waals surface area contributed by atoms with E-state index in [1.54, 1.807) is 0 Å². The van der Waals surface area contributed by atoms with Crippen molar-refractivity contribution in [2.24, 2.45) is 5.92 Å². The van der Waals surface area contributed by atoms with Gasteiger partial charge in [-0.25, -0.2) is 0 Å². The Morgan fingerprint density at radius 1 is 1.27 bits per heavy atom. The molecule has 0 aromatic heterocycles. The van der Waals surface area contributed by atoms with Crippen LogP contribution in [0.2, 0.25) is 0 Å². The number of hydrogen-bond acceptors (Lipinski definition) is 2. The van der Waals surface area contributed by atoms with Crippen molar-refractivity contribution in [2.45, 2.75) is 39.7 Å². The average Bonchev–Trinajstić information content (AvgIpc) is 3.00. The molecule has 22 heavy (non-hydrogen) atoms. The molecule has 0 saturated carbocycles. The van der Waals surface area contributed by atoms with Gasteiger partial charge in [0.1, 0.15) is 6.61 Å². The fraction of sp³-hybridized carbons (Fsp3) is 0.421. The second-order valence-corrected chi connectivity index (χ2v) is 6.11. The normalized spacial score (nSPS) is 20.5. The third-order valence-corrected chi connectivity index (χ3v) is 4.43. The Kier molecular flexibility index (Phi) is 4.32. The van der Waals surface area contributed by atoms with Crippen LogP contribution in [0.3, 0.4) is 0 Å². The standard InChI is InChI=1S/C19H23NO2/c1-3-4-10-16-14(2)12-20-17(16)11-18(19(20)21)22-13-15-8-6-5-7-9-15/h5-9,11,14H,3-4,10,12-13H2,1-2H3/t14-/m1/s1. The SMILES string of the molecule is CCCCC1=C2C=C(OCc3ccccc3)C(=O)N2C[C@H]1C. The third-order valence-electron chi connectivity index (χ3n) is 4.43. The van der Waals surface area contributed by atoms with Gasteiger partial charge >= 0.3 is 0 Å². The van der Waals surface area contributed by atoms with Crippen molar-refractivity contribution >= 4 is 5.91 Å². The largest absolute Gasteiger partial charge is 0.483 e. The molecule has 0 fully saturated rings. The Labute approximate surface area is 132 Å².